The van der Waals surface area contributed by atoms with Crippen LogP contribution in [0.25, 0.3) is 0 Å². The molecule has 1 aliphatic rings. The highest BCUT2D eigenvalue weighted by Gasteiger charge is 1.93. The molecular weight excluding hydrogens is 168 g/mol. The van der Waals surface area contributed by atoms with Crippen molar-refractivity contribution < 1.29 is 0 Å². The van der Waals surface area contributed by atoms with Gasteiger partial charge in [-0.1, -0.05) is 35.5 Å². The molecule has 0 heterocycles. The summed E-state index contributed by atoms with van der Waals surface area (Å²) >= 11 is 0. The van der Waals surface area contributed by atoms with Crippen molar-refractivity contribution in [3.63, 3.8) is 0 Å². The van der Waals surface area contributed by atoms with Gasteiger partial charge in [0.2, 0.25) is 0 Å². The molecule has 0 saturated carbocycles. The maximum Gasteiger partial charge on any atom is -0.0288 e. The number of allylic oxidation sites excluding steroid dienone is 6. The lowest BCUT2D eigenvalue weighted by Crippen LogP contribution is -1.82. The van der Waals surface area contributed by atoms with E-state index in [2.05, 4.69) is 38.2 Å². The van der Waals surface area contributed by atoms with Crippen LogP contribution in [0.5, 0.6) is 0 Å². The molecule has 0 radical (unpaired) electrons. The number of hydrogen-bond donors (Lipinski definition) is 0. The maximum atomic E-state index is 2.41. The zero-order valence-corrected chi connectivity index (χ0v) is 9.55. The second-order valence-electron chi connectivity index (χ2n) is 4.28. The summed E-state index contributed by atoms with van der Waals surface area (Å²) in [5.41, 5.74) is 3.07. The fourth-order valence-corrected chi connectivity index (χ4v) is 1.72. The molecule has 0 nitrogen and oxygen atoms in total. The molecule has 0 spiro atoms. The van der Waals surface area contributed by atoms with Gasteiger partial charge in [-0.05, 0) is 52.4 Å². The Bertz CT molecular complexity index is 241. The van der Waals surface area contributed by atoms with Gasteiger partial charge in [0.1, 0.15) is 0 Å². The van der Waals surface area contributed by atoms with Crippen molar-refractivity contribution in [1.82, 2.24) is 0 Å². The Morgan fingerprint density at radius 3 is 2.64 bits per heavy atom. The van der Waals surface area contributed by atoms with Crippen molar-refractivity contribution >= 4 is 0 Å². The van der Waals surface area contributed by atoms with Gasteiger partial charge in [-0.3, -0.25) is 0 Å². The summed E-state index contributed by atoms with van der Waals surface area (Å²) in [4.78, 5) is 0. The smallest absolute Gasteiger partial charge is 0.0288 e. The predicted molar refractivity (Wildman–Crippen MR) is 64.4 cm³/mol. The molecule has 1 rings (SSSR count). The van der Waals surface area contributed by atoms with Crippen molar-refractivity contribution in [2.24, 2.45) is 0 Å². The molecule has 0 bridgehead atoms. The average Bonchev–Trinajstić information content (AvgIpc) is 2.14. The normalized spacial score (nSPS) is 30.1. The van der Waals surface area contributed by atoms with Gasteiger partial charge < -0.3 is 0 Å². The highest BCUT2D eigenvalue weighted by atomic mass is 14.0. The fraction of sp³-hybridized carbons (Fsp3) is 0.571. The first kappa shape index (κ1) is 11.3. The van der Waals surface area contributed by atoms with Crippen LogP contribution in [-0.2, 0) is 0 Å². The first-order chi connectivity index (χ1) is 6.79. The van der Waals surface area contributed by atoms with E-state index >= 15 is 0 Å². The van der Waals surface area contributed by atoms with Crippen LogP contribution in [0.15, 0.2) is 35.5 Å². The molecule has 0 amide bonds. The molecule has 0 aromatic rings. The van der Waals surface area contributed by atoms with Crippen LogP contribution in [0.1, 0.15) is 52.4 Å². The van der Waals surface area contributed by atoms with Crippen molar-refractivity contribution in [3.8, 4) is 0 Å². The van der Waals surface area contributed by atoms with Crippen LogP contribution in [0.2, 0.25) is 0 Å². The van der Waals surface area contributed by atoms with E-state index in [-0.39, 0.29) is 0 Å². The third-order valence-corrected chi connectivity index (χ3v) is 2.74. The minimum atomic E-state index is 1.19. The summed E-state index contributed by atoms with van der Waals surface area (Å²) < 4.78 is 0. The molecule has 0 fully saturated rings. The van der Waals surface area contributed by atoms with Crippen LogP contribution in [-0.4, -0.2) is 0 Å². The number of hydrogen-bond acceptors (Lipinski definition) is 0. The van der Waals surface area contributed by atoms with E-state index in [0.29, 0.717) is 0 Å². The Labute approximate surface area is 88.4 Å². The van der Waals surface area contributed by atoms with Gasteiger partial charge in [-0.15, -0.1) is 0 Å². The van der Waals surface area contributed by atoms with Gasteiger partial charge in [0, 0.05) is 0 Å². The molecule has 0 atom stereocenters. The molecule has 0 aromatic carbocycles. The molecule has 78 valence electrons. The summed E-state index contributed by atoms with van der Waals surface area (Å²) in [5, 5.41) is 0. The van der Waals surface area contributed by atoms with E-state index in [1.54, 1.807) is 5.57 Å². The molecular formula is C14H22. The first-order valence-corrected chi connectivity index (χ1v) is 5.77. The summed E-state index contributed by atoms with van der Waals surface area (Å²) in [6.45, 7) is 4.48. The zero-order chi connectivity index (χ0) is 10.2. The van der Waals surface area contributed by atoms with E-state index in [1.165, 1.54) is 44.1 Å². The van der Waals surface area contributed by atoms with E-state index in [4.69, 9.17) is 0 Å². The highest BCUT2D eigenvalue weighted by molar-refractivity contribution is 5.11. The van der Waals surface area contributed by atoms with Crippen LogP contribution in [0.4, 0.5) is 0 Å². The molecule has 0 aromatic heterocycles. The topological polar surface area (TPSA) is 0 Å². The minimum Gasteiger partial charge on any atom is -0.0856 e. The molecule has 1 aliphatic carbocycles. The first-order valence-electron chi connectivity index (χ1n) is 5.77. The highest BCUT2D eigenvalue weighted by Crippen LogP contribution is 2.13. The third kappa shape index (κ3) is 5.06. The fourth-order valence-electron chi connectivity index (χ4n) is 1.72. The minimum absolute atomic E-state index is 1.19. The molecule has 0 aliphatic heterocycles. The molecule has 0 unspecified atom stereocenters. The quantitative estimate of drug-likeness (QED) is 0.482. The molecule has 14 heavy (non-hydrogen) atoms. The summed E-state index contributed by atoms with van der Waals surface area (Å²) in [7, 11) is 0. The summed E-state index contributed by atoms with van der Waals surface area (Å²) in [5.74, 6) is 0. The van der Waals surface area contributed by atoms with Crippen LogP contribution >= 0.6 is 0 Å². The second-order valence-corrected chi connectivity index (χ2v) is 4.28. The predicted octanol–water partition coefficient (Wildman–Crippen LogP) is 4.79. The maximum absolute atomic E-state index is 2.41. The standard InChI is InChI=1S/C14H22/c1-13-9-5-3-7-11-14(2)12-8-4-6-10-13/h3,5,9,12H,4,6-8,10-11H2,1-2H3/b5-3+,13-9-,14-12+. The SMILES string of the molecule is C/C1=C/C=C/CC/C(C)=C/CCCC1. The zero-order valence-electron chi connectivity index (χ0n) is 9.55. The Hall–Kier alpha value is -0.780. The van der Waals surface area contributed by atoms with Crippen molar-refractivity contribution in [2.45, 2.75) is 52.4 Å². The molecule has 0 N–H and O–H groups in total. The Balaban J connectivity index is 2.51. The summed E-state index contributed by atoms with van der Waals surface area (Å²) in [6.07, 6.45) is 16.8. The van der Waals surface area contributed by atoms with Gasteiger partial charge >= 0.3 is 0 Å². The van der Waals surface area contributed by atoms with Crippen LogP contribution in [0.3, 0.4) is 0 Å². The summed E-state index contributed by atoms with van der Waals surface area (Å²) in [6, 6.07) is 0. The van der Waals surface area contributed by atoms with Crippen molar-refractivity contribution in [2.75, 3.05) is 0 Å². The Morgan fingerprint density at radius 2 is 1.79 bits per heavy atom. The van der Waals surface area contributed by atoms with Gasteiger partial charge in [-0.2, -0.15) is 0 Å². The monoisotopic (exact) mass is 190 g/mol. The van der Waals surface area contributed by atoms with Gasteiger partial charge in [0.25, 0.3) is 0 Å². The Kier molecular flexibility index (Phi) is 5.36. The lowest BCUT2D eigenvalue weighted by molar-refractivity contribution is 0.737. The van der Waals surface area contributed by atoms with Gasteiger partial charge in [0.15, 0.2) is 0 Å². The van der Waals surface area contributed by atoms with Gasteiger partial charge in [0.05, 0.1) is 0 Å². The van der Waals surface area contributed by atoms with Gasteiger partial charge in [-0.25, -0.2) is 0 Å². The number of rotatable bonds is 0. The largest absolute Gasteiger partial charge is 0.0856 e. The third-order valence-electron chi connectivity index (χ3n) is 2.74. The van der Waals surface area contributed by atoms with E-state index in [9.17, 15) is 0 Å². The lowest BCUT2D eigenvalue weighted by atomic mass is 10.0. The molecule has 0 saturated heterocycles. The Morgan fingerprint density at radius 1 is 0.929 bits per heavy atom. The van der Waals surface area contributed by atoms with E-state index in [1.807, 2.05) is 0 Å². The van der Waals surface area contributed by atoms with E-state index < -0.39 is 0 Å². The van der Waals surface area contributed by atoms with E-state index in [0.717, 1.165) is 0 Å². The molecule has 0 heteroatoms. The second kappa shape index (κ2) is 6.64. The average molecular weight is 190 g/mol. The lowest BCUT2D eigenvalue weighted by Gasteiger charge is -2.02. The van der Waals surface area contributed by atoms with Crippen LogP contribution < -0.4 is 0 Å². The van der Waals surface area contributed by atoms with Crippen molar-refractivity contribution in [3.05, 3.63) is 35.5 Å². The van der Waals surface area contributed by atoms with Crippen LogP contribution in [0, 0.1) is 0 Å². The van der Waals surface area contributed by atoms with Crippen molar-refractivity contribution in [1.29, 1.82) is 0 Å².